The number of nitrogens with zero attached hydrogens (tertiary/aromatic N) is 2. The fourth-order valence-electron chi connectivity index (χ4n) is 3.85. The summed E-state index contributed by atoms with van der Waals surface area (Å²) in [5.41, 5.74) is 5.36. The van der Waals surface area contributed by atoms with Crippen molar-refractivity contribution >= 4 is 35.5 Å². The average molecular weight is 454 g/mol. The van der Waals surface area contributed by atoms with Crippen LogP contribution in [0.2, 0.25) is 0 Å². The summed E-state index contributed by atoms with van der Waals surface area (Å²) < 4.78 is 2.20. The number of benzene rings is 2. The SMILES string of the molecule is CCCc1nc2c(C)cc(CNC(=O)[C@@H](S)CCC)cc2n1Cc1ccc(C(=O)O)cc1. The van der Waals surface area contributed by atoms with Crippen molar-refractivity contribution in [3.63, 3.8) is 0 Å². The lowest BCUT2D eigenvalue weighted by atomic mass is 10.1. The highest BCUT2D eigenvalue weighted by Crippen LogP contribution is 2.24. The minimum Gasteiger partial charge on any atom is -0.478 e. The number of aromatic carboxylic acids is 1. The summed E-state index contributed by atoms with van der Waals surface area (Å²) in [6, 6.07) is 11.1. The minimum absolute atomic E-state index is 0.0494. The summed E-state index contributed by atoms with van der Waals surface area (Å²) in [4.78, 5) is 28.3. The third kappa shape index (κ3) is 5.51. The predicted octanol–water partition coefficient (Wildman–Crippen LogP) is 4.76. The Morgan fingerprint density at radius 2 is 1.84 bits per heavy atom. The first kappa shape index (κ1) is 23.9. The van der Waals surface area contributed by atoms with Gasteiger partial charge in [-0.2, -0.15) is 12.6 Å². The molecular formula is C25H31N3O3S. The second-order valence-corrected chi connectivity index (χ2v) is 8.79. The molecule has 170 valence electrons. The van der Waals surface area contributed by atoms with Gasteiger partial charge in [-0.1, -0.05) is 38.5 Å². The Bertz CT molecular complexity index is 1110. The molecule has 6 nitrogen and oxygen atoms in total. The molecule has 2 aromatic carbocycles. The number of hydrogen-bond donors (Lipinski definition) is 3. The second kappa shape index (κ2) is 10.7. The topological polar surface area (TPSA) is 84.2 Å². The van der Waals surface area contributed by atoms with Crippen molar-refractivity contribution in [2.24, 2.45) is 0 Å². The zero-order chi connectivity index (χ0) is 23.3. The van der Waals surface area contributed by atoms with E-state index in [-0.39, 0.29) is 16.7 Å². The molecule has 0 fully saturated rings. The van der Waals surface area contributed by atoms with Crippen LogP contribution in [0.1, 0.15) is 66.0 Å². The van der Waals surface area contributed by atoms with Gasteiger partial charge in [-0.15, -0.1) is 0 Å². The molecule has 0 unspecified atom stereocenters. The molecule has 0 aliphatic rings. The van der Waals surface area contributed by atoms with Gasteiger partial charge in [-0.25, -0.2) is 9.78 Å². The van der Waals surface area contributed by atoms with E-state index in [0.29, 0.717) is 13.1 Å². The number of carboxylic acid groups (broad SMARTS) is 1. The summed E-state index contributed by atoms with van der Waals surface area (Å²) in [5.74, 6) is 0.0279. The van der Waals surface area contributed by atoms with Crippen LogP contribution < -0.4 is 5.32 Å². The number of amides is 1. The Balaban J connectivity index is 1.92. The molecule has 0 saturated carbocycles. The average Bonchev–Trinajstić information content (AvgIpc) is 3.10. The lowest BCUT2D eigenvalue weighted by molar-refractivity contribution is -0.120. The van der Waals surface area contributed by atoms with Gasteiger partial charge in [0.25, 0.3) is 0 Å². The number of carboxylic acids is 1. The van der Waals surface area contributed by atoms with Gasteiger partial charge < -0.3 is 15.0 Å². The van der Waals surface area contributed by atoms with E-state index >= 15 is 0 Å². The quantitative estimate of drug-likeness (QED) is 0.387. The first-order chi connectivity index (χ1) is 15.3. The first-order valence-corrected chi connectivity index (χ1v) is 11.6. The molecule has 1 heterocycles. The summed E-state index contributed by atoms with van der Waals surface area (Å²) in [5, 5.41) is 11.9. The molecule has 0 bridgehead atoms. The number of carbonyl (C=O) groups is 2. The number of thiol groups is 1. The van der Waals surface area contributed by atoms with Gasteiger partial charge in [-0.3, -0.25) is 4.79 Å². The summed E-state index contributed by atoms with van der Waals surface area (Å²) >= 11 is 4.39. The normalized spacial score (nSPS) is 12.1. The lowest BCUT2D eigenvalue weighted by Gasteiger charge is -2.13. The van der Waals surface area contributed by atoms with Crippen molar-refractivity contribution in [2.45, 2.75) is 64.8 Å². The van der Waals surface area contributed by atoms with Crippen LogP contribution in [0.3, 0.4) is 0 Å². The van der Waals surface area contributed by atoms with Gasteiger partial charge in [0.1, 0.15) is 5.82 Å². The van der Waals surface area contributed by atoms with Gasteiger partial charge >= 0.3 is 5.97 Å². The van der Waals surface area contributed by atoms with E-state index in [1.54, 1.807) is 12.1 Å². The van der Waals surface area contributed by atoms with E-state index < -0.39 is 5.97 Å². The molecule has 0 spiro atoms. The van der Waals surface area contributed by atoms with Crippen LogP contribution in [0.25, 0.3) is 11.0 Å². The second-order valence-electron chi connectivity index (χ2n) is 8.17. The molecule has 0 radical (unpaired) electrons. The molecule has 0 aliphatic heterocycles. The van der Waals surface area contributed by atoms with Crippen LogP contribution in [0.15, 0.2) is 36.4 Å². The van der Waals surface area contributed by atoms with Crippen molar-refractivity contribution in [2.75, 3.05) is 0 Å². The molecule has 0 aliphatic carbocycles. The van der Waals surface area contributed by atoms with E-state index in [1.165, 1.54) is 0 Å². The molecular weight excluding hydrogens is 422 g/mol. The number of carbonyl (C=O) groups excluding carboxylic acids is 1. The fourth-order valence-corrected chi connectivity index (χ4v) is 4.20. The summed E-state index contributed by atoms with van der Waals surface area (Å²) in [7, 11) is 0. The maximum Gasteiger partial charge on any atom is 0.335 e. The van der Waals surface area contributed by atoms with Crippen molar-refractivity contribution in [1.29, 1.82) is 0 Å². The van der Waals surface area contributed by atoms with Crippen LogP contribution in [0, 0.1) is 6.92 Å². The summed E-state index contributed by atoms with van der Waals surface area (Å²) in [6.07, 6.45) is 3.50. The smallest absolute Gasteiger partial charge is 0.335 e. The van der Waals surface area contributed by atoms with Crippen LogP contribution in [-0.2, 0) is 24.3 Å². The number of fused-ring (bicyclic) bond motifs is 1. The van der Waals surface area contributed by atoms with E-state index in [1.807, 2.05) is 26.0 Å². The van der Waals surface area contributed by atoms with Crippen molar-refractivity contribution in [1.82, 2.24) is 14.9 Å². The first-order valence-electron chi connectivity index (χ1n) is 11.1. The Morgan fingerprint density at radius 1 is 1.12 bits per heavy atom. The molecule has 1 atom stereocenters. The van der Waals surface area contributed by atoms with E-state index in [2.05, 4.69) is 41.6 Å². The predicted molar refractivity (Wildman–Crippen MR) is 130 cm³/mol. The number of aromatic nitrogens is 2. The molecule has 3 aromatic rings. The van der Waals surface area contributed by atoms with Gasteiger partial charge in [0, 0.05) is 19.5 Å². The maximum atomic E-state index is 12.3. The van der Waals surface area contributed by atoms with Crippen molar-refractivity contribution in [3.05, 3.63) is 64.5 Å². The van der Waals surface area contributed by atoms with Crippen LogP contribution in [0.4, 0.5) is 0 Å². The highest BCUT2D eigenvalue weighted by atomic mass is 32.1. The molecule has 1 aromatic heterocycles. The molecule has 7 heteroatoms. The Morgan fingerprint density at radius 3 is 2.47 bits per heavy atom. The molecule has 2 N–H and O–H groups in total. The van der Waals surface area contributed by atoms with Crippen LogP contribution in [0.5, 0.6) is 0 Å². The molecule has 3 rings (SSSR count). The lowest BCUT2D eigenvalue weighted by Crippen LogP contribution is -2.30. The Hall–Kier alpha value is -2.80. The fraction of sp³-hybridized carbons (Fsp3) is 0.400. The van der Waals surface area contributed by atoms with Crippen LogP contribution >= 0.6 is 12.6 Å². The third-order valence-electron chi connectivity index (χ3n) is 5.53. The van der Waals surface area contributed by atoms with Gasteiger partial charge in [-0.05, 0) is 54.7 Å². The zero-order valence-corrected chi connectivity index (χ0v) is 19.8. The maximum absolute atomic E-state index is 12.3. The number of rotatable bonds is 10. The molecule has 0 saturated heterocycles. The van der Waals surface area contributed by atoms with Gasteiger partial charge in [0.15, 0.2) is 0 Å². The van der Waals surface area contributed by atoms with Gasteiger partial charge in [0.2, 0.25) is 5.91 Å². The van der Waals surface area contributed by atoms with E-state index in [0.717, 1.165) is 59.2 Å². The van der Waals surface area contributed by atoms with E-state index in [9.17, 15) is 9.59 Å². The third-order valence-corrected chi connectivity index (χ3v) is 6.02. The van der Waals surface area contributed by atoms with Crippen molar-refractivity contribution in [3.8, 4) is 0 Å². The summed E-state index contributed by atoms with van der Waals surface area (Å²) in [6.45, 7) is 7.26. The highest BCUT2D eigenvalue weighted by molar-refractivity contribution is 7.81. The number of aryl methyl sites for hydroxylation is 2. The highest BCUT2D eigenvalue weighted by Gasteiger charge is 2.16. The Kier molecular flexibility index (Phi) is 7.96. The largest absolute Gasteiger partial charge is 0.478 e. The molecule has 1 amide bonds. The minimum atomic E-state index is -0.930. The number of nitrogens with one attached hydrogen (secondary N) is 1. The standard InChI is InChI=1S/C25H31N3O3S/c1-4-6-21(32)24(29)26-14-18-12-16(3)23-20(13-18)28(22(27-23)7-5-2)15-17-8-10-19(11-9-17)25(30)31/h8-13,21,32H,4-7,14-15H2,1-3H3,(H,26,29)(H,30,31)/t21-/m0/s1. The Labute approximate surface area is 194 Å². The van der Waals surface area contributed by atoms with Crippen molar-refractivity contribution < 1.29 is 14.7 Å². The van der Waals surface area contributed by atoms with Gasteiger partial charge in [0.05, 0.1) is 21.8 Å². The number of hydrogen-bond acceptors (Lipinski definition) is 4. The zero-order valence-electron chi connectivity index (χ0n) is 18.9. The monoisotopic (exact) mass is 453 g/mol. The van der Waals surface area contributed by atoms with Crippen LogP contribution in [-0.4, -0.2) is 31.8 Å². The number of imidazole rings is 1. The van der Waals surface area contributed by atoms with E-state index in [4.69, 9.17) is 10.1 Å². The molecule has 32 heavy (non-hydrogen) atoms.